The van der Waals surface area contributed by atoms with Gasteiger partial charge in [0.1, 0.15) is 0 Å². The van der Waals surface area contributed by atoms with Gasteiger partial charge < -0.3 is 0 Å². The first-order valence-electron chi connectivity index (χ1n) is 10.2. The number of hydrogen-bond acceptors (Lipinski definition) is 9. The number of carbonyl (C=O) groups is 5. The molecule has 0 bridgehead atoms. The van der Waals surface area contributed by atoms with Crippen LogP contribution in [0, 0.1) is 6.92 Å². The van der Waals surface area contributed by atoms with Crippen molar-refractivity contribution in [3.8, 4) is 0 Å². The van der Waals surface area contributed by atoms with E-state index in [1.54, 1.807) is 24.3 Å². The molecule has 1 fully saturated rings. The van der Waals surface area contributed by atoms with Crippen molar-refractivity contribution in [3.05, 3.63) is 35.4 Å². The van der Waals surface area contributed by atoms with Gasteiger partial charge in [-0.2, -0.15) is 0 Å². The van der Waals surface area contributed by atoms with Crippen molar-refractivity contribution >= 4 is 43.5 Å². The molecule has 2 rings (SSSR count). The average Bonchev–Trinajstić information content (AvgIpc) is 2.70. The first kappa shape index (κ1) is 26.5. The molecule has 0 radical (unpaired) electrons. The number of esters is 3. The van der Waals surface area contributed by atoms with E-state index in [-0.39, 0.29) is 11.3 Å². The molecule has 0 unspecified atom stereocenters. The number of nitrogens with one attached hydrogen (secondary N) is 1. The van der Waals surface area contributed by atoms with Crippen molar-refractivity contribution in [1.82, 2.24) is 5.32 Å². The molecule has 0 spiro atoms. The third-order valence-corrected chi connectivity index (χ3v) is 6.86. The first-order valence-corrected chi connectivity index (χ1v) is 12.0. The Balaban J connectivity index is 2.42. The SMILES string of the molecule is CC(=O)N[C@@H]1[C@@H](OC(C)=O)[C@H](OC(C)=O)[C@@H](COC(C)=O)O[C@H]1[Se]C(=O)c1ccc(C)cc1. The van der Waals surface area contributed by atoms with E-state index in [2.05, 4.69) is 5.32 Å². The van der Waals surface area contributed by atoms with Crippen molar-refractivity contribution < 1.29 is 42.9 Å². The van der Waals surface area contributed by atoms with Gasteiger partial charge >= 0.3 is 198 Å². The molecule has 1 heterocycles. The van der Waals surface area contributed by atoms with Crippen molar-refractivity contribution in [1.29, 1.82) is 0 Å². The fourth-order valence-electron chi connectivity index (χ4n) is 3.25. The Morgan fingerprint density at radius 3 is 2.00 bits per heavy atom. The summed E-state index contributed by atoms with van der Waals surface area (Å²) in [5, 5.41) is 1.77. The van der Waals surface area contributed by atoms with E-state index >= 15 is 0 Å². The van der Waals surface area contributed by atoms with Crippen LogP contribution in [0.1, 0.15) is 43.6 Å². The Morgan fingerprint density at radius 1 is 0.909 bits per heavy atom. The van der Waals surface area contributed by atoms with Crippen LogP contribution in [0.15, 0.2) is 24.3 Å². The number of ether oxygens (including phenoxy) is 4. The standard InChI is InChI=1S/C22H27NO9Se/c1-11-6-8-16(9-7-11)21(28)33-22-18(23-12(2)24)20(31-15(5)27)19(30-14(4)26)17(32-22)10-29-13(3)25/h6-9,17-20,22H,10H2,1-5H3,(H,23,24)/t17-,18-,19-,20-,22+/m1/s1. The molecule has 0 saturated carbocycles. The van der Waals surface area contributed by atoms with Crippen LogP contribution in [0.4, 0.5) is 0 Å². The first-order chi connectivity index (χ1) is 15.5. The third kappa shape index (κ3) is 7.96. The molecular weight excluding hydrogens is 501 g/mol. The number of aryl methyl sites for hydroxylation is 1. The summed E-state index contributed by atoms with van der Waals surface area (Å²) in [5.41, 5.74) is 1.46. The van der Waals surface area contributed by atoms with E-state index in [9.17, 15) is 24.0 Å². The van der Waals surface area contributed by atoms with Crippen molar-refractivity contribution in [2.45, 2.75) is 64.0 Å². The molecule has 1 N–H and O–H groups in total. The molecule has 1 amide bonds. The summed E-state index contributed by atoms with van der Waals surface area (Å²) in [7, 11) is 0. The summed E-state index contributed by atoms with van der Waals surface area (Å²) in [5.74, 6) is -2.41. The van der Waals surface area contributed by atoms with Crippen LogP contribution in [0.25, 0.3) is 0 Å². The zero-order valence-corrected chi connectivity index (χ0v) is 20.7. The van der Waals surface area contributed by atoms with Crippen LogP contribution < -0.4 is 5.32 Å². The second-order valence-electron chi connectivity index (χ2n) is 7.49. The summed E-state index contributed by atoms with van der Waals surface area (Å²) in [6.45, 7) is 6.40. The molecule has 1 aliphatic rings. The predicted molar refractivity (Wildman–Crippen MR) is 115 cm³/mol. The molecule has 5 atom stereocenters. The maximum absolute atomic E-state index is 13.0. The second kappa shape index (κ2) is 11.9. The topological polar surface area (TPSA) is 134 Å². The fourth-order valence-corrected chi connectivity index (χ4v) is 5.46. The summed E-state index contributed by atoms with van der Waals surface area (Å²) >= 11 is -0.879. The van der Waals surface area contributed by atoms with E-state index < -0.39 is 68.1 Å². The van der Waals surface area contributed by atoms with Crippen LogP contribution in [-0.2, 0) is 38.1 Å². The van der Waals surface area contributed by atoms with Crippen molar-refractivity contribution in [2.75, 3.05) is 6.61 Å². The molecule has 10 nitrogen and oxygen atoms in total. The molecule has 1 aliphatic heterocycles. The molecule has 1 aromatic rings. The van der Waals surface area contributed by atoms with Crippen LogP contribution in [0.3, 0.4) is 0 Å². The molecule has 1 aromatic carbocycles. The Morgan fingerprint density at radius 2 is 1.48 bits per heavy atom. The van der Waals surface area contributed by atoms with Gasteiger partial charge in [-0.25, -0.2) is 0 Å². The van der Waals surface area contributed by atoms with Gasteiger partial charge in [0.25, 0.3) is 0 Å². The molecule has 33 heavy (non-hydrogen) atoms. The van der Waals surface area contributed by atoms with Gasteiger partial charge in [-0.3, -0.25) is 0 Å². The van der Waals surface area contributed by atoms with Crippen LogP contribution in [0.5, 0.6) is 0 Å². The zero-order chi connectivity index (χ0) is 24.7. The van der Waals surface area contributed by atoms with Gasteiger partial charge in [0.2, 0.25) is 0 Å². The minimum atomic E-state index is -1.18. The quantitative estimate of drug-likeness (QED) is 0.291. The average molecular weight is 528 g/mol. The molecular formula is C22H27NO9Se. The van der Waals surface area contributed by atoms with E-state index in [4.69, 9.17) is 18.9 Å². The Bertz CT molecular complexity index is 902. The fraction of sp³-hybridized carbons (Fsp3) is 0.500. The van der Waals surface area contributed by atoms with Gasteiger partial charge in [-0.05, 0) is 0 Å². The van der Waals surface area contributed by atoms with Crippen molar-refractivity contribution in [2.24, 2.45) is 0 Å². The maximum atomic E-state index is 13.0. The van der Waals surface area contributed by atoms with Gasteiger partial charge in [-0.15, -0.1) is 0 Å². The van der Waals surface area contributed by atoms with E-state index in [1.807, 2.05) is 6.92 Å². The summed E-state index contributed by atoms with van der Waals surface area (Å²) in [6, 6.07) is 6.02. The van der Waals surface area contributed by atoms with Crippen LogP contribution in [0.2, 0.25) is 0 Å². The Kier molecular flexibility index (Phi) is 9.57. The number of carbonyl (C=O) groups excluding carboxylic acids is 5. The van der Waals surface area contributed by atoms with E-state index in [1.165, 1.54) is 20.8 Å². The third-order valence-electron chi connectivity index (χ3n) is 4.58. The summed E-state index contributed by atoms with van der Waals surface area (Å²) in [4.78, 5) is 59.9. The summed E-state index contributed by atoms with van der Waals surface area (Å²) in [6.07, 6.45) is -3.36. The second-order valence-corrected chi connectivity index (χ2v) is 9.74. The Labute approximate surface area is 197 Å². The molecule has 11 heteroatoms. The van der Waals surface area contributed by atoms with Gasteiger partial charge in [-0.1, -0.05) is 0 Å². The predicted octanol–water partition coefficient (Wildman–Crippen LogP) is 0.496. The normalized spacial score (nSPS) is 24.3. The minimum absolute atomic E-state index is 0.207. The monoisotopic (exact) mass is 529 g/mol. The number of hydrogen-bond donors (Lipinski definition) is 1. The van der Waals surface area contributed by atoms with Gasteiger partial charge in [0, 0.05) is 0 Å². The molecule has 0 aliphatic carbocycles. The van der Waals surface area contributed by atoms with E-state index in [0.29, 0.717) is 5.56 Å². The Hall–Kier alpha value is -2.75. The van der Waals surface area contributed by atoms with Gasteiger partial charge in [0.15, 0.2) is 0 Å². The van der Waals surface area contributed by atoms with Crippen LogP contribution >= 0.6 is 0 Å². The summed E-state index contributed by atoms with van der Waals surface area (Å²) < 4.78 is 21.7. The number of amides is 1. The van der Waals surface area contributed by atoms with E-state index in [0.717, 1.165) is 12.5 Å². The van der Waals surface area contributed by atoms with Crippen LogP contribution in [-0.4, -0.2) is 79.4 Å². The number of rotatable bonds is 8. The molecule has 0 aromatic heterocycles. The molecule has 1 saturated heterocycles. The van der Waals surface area contributed by atoms with Crippen molar-refractivity contribution in [3.63, 3.8) is 0 Å². The molecule has 180 valence electrons. The zero-order valence-electron chi connectivity index (χ0n) is 19.0. The van der Waals surface area contributed by atoms with Gasteiger partial charge in [0.05, 0.1) is 0 Å². The number of benzene rings is 1.